The van der Waals surface area contributed by atoms with Gasteiger partial charge < -0.3 is 4.90 Å². The number of nitro groups is 1. The standard InChI is InChI=1S/C12H16ClN5O2/c13-12-14-7-10(18(19)20)11(15-12)17-5-3-16(4-6-17)8-9-1-2-9/h7,9H,1-6,8H2. The minimum Gasteiger partial charge on any atom is -0.348 e. The molecule has 1 saturated carbocycles. The predicted octanol–water partition coefficient (Wildman–Crippen LogP) is 1.57. The van der Waals surface area contributed by atoms with E-state index < -0.39 is 4.92 Å². The number of halogens is 1. The molecule has 1 aromatic rings. The molecular weight excluding hydrogens is 282 g/mol. The van der Waals surface area contributed by atoms with Crippen LogP contribution in [-0.4, -0.2) is 52.5 Å². The SMILES string of the molecule is O=[N+]([O-])c1cnc(Cl)nc1N1CCN(CC2CC2)CC1. The Balaban J connectivity index is 1.70. The molecule has 1 saturated heterocycles. The van der Waals surface area contributed by atoms with Gasteiger partial charge in [-0.25, -0.2) is 4.98 Å². The Morgan fingerprint density at radius 3 is 2.65 bits per heavy atom. The summed E-state index contributed by atoms with van der Waals surface area (Å²) in [6, 6.07) is 0. The van der Waals surface area contributed by atoms with Gasteiger partial charge in [-0.1, -0.05) is 0 Å². The number of piperazine rings is 1. The van der Waals surface area contributed by atoms with E-state index in [2.05, 4.69) is 14.9 Å². The molecule has 2 fully saturated rings. The van der Waals surface area contributed by atoms with Crippen molar-refractivity contribution in [1.29, 1.82) is 0 Å². The Kier molecular flexibility index (Phi) is 3.71. The van der Waals surface area contributed by atoms with Crippen LogP contribution in [0.25, 0.3) is 0 Å². The Morgan fingerprint density at radius 1 is 1.35 bits per heavy atom. The summed E-state index contributed by atoms with van der Waals surface area (Å²) in [5.74, 6) is 1.20. The van der Waals surface area contributed by atoms with Crippen LogP contribution in [0.2, 0.25) is 5.28 Å². The van der Waals surface area contributed by atoms with Gasteiger partial charge in [0.2, 0.25) is 11.1 Å². The third-order valence-electron chi connectivity index (χ3n) is 3.80. The monoisotopic (exact) mass is 297 g/mol. The van der Waals surface area contributed by atoms with Crippen molar-refractivity contribution in [3.05, 3.63) is 21.6 Å². The molecule has 8 heteroatoms. The van der Waals surface area contributed by atoms with Crippen LogP contribution in [0, 0.1) is 16.0 Å². The molecule has 2 aliphatic rings. The number of rotatable bonds is 4. The molecule has 0 bridgehead atoms. The van der Waals surface area contributed by atoms with E-state index in [4.69, 9.17) is 11.6 Å². The highest BCUT2D eigenvalue weighted by molar-refractivity contribution is 6.28. The lowest BCUT2D eigenvalue weighted by Crippen LogP contribution is -2.47. The highest BCUT2D eigenvalue weighted by atomic mass is 35.5. The highest BCUT2D eigenvalue weighted by Gasteiger charge is 2.29. The lowest BCUT2D eigenvalue weighted by Gasteiger charge is -2.35. The fourth-order valence-electron chi connectivity index (χ4n) is 2.51. The van der Waals surface area contributed by atoms with Gasteiger partial charge in [0.05, 0.1) is 4.92 Å². The number of anilines is 1. The summed E-state index contributed by atoms with van der Waals surface area (Å²) < 4.78 is 0. The average molecular weight is 298 g/mol. The van der Waals surface area contributed by atoms with Crippen molar-refractivity contribution >= 4 is 23.1 Å². The molecule has 0 radical (unpaired) electrons. The van der Waals surface area contributed by atoms with Crippen LogP contribution in [0.4, 0.5) is 11.5 Å². The second-order valence-electron chi connectivity index (χ2n) is 5.34. The predicted molar refractivity (Wildman–Crippen MR) is 75.1 cm³/mol. The zero-order valence-corrected chi connectivity index (χ0v) is 11.8. The van der Waals surface area contributed by atoms with E-state index >= 15 is 0 Å². The zero-order chi connectivity index (χ0) is 14.1. The summed E-state index contributed by atoms with van der Waals surface area (Å²) in [5.41, 5.74) is -0.0787. The fourth-order valence-corrected chi connectivity index (χ4v) is 2.64. The van der Waals surface area contributed by atoms with Crippen LogP contribution < -0.4 is 4.90 Å². The first-order chi connectivity index (χ1) is 9.63. The van der Waals surface area contributed by atoms with Crippen LogP contribution in [0.1, 0.15) is 12.8 Å². The zero-order valence-electron chi connectivity index (χ0n) is 11.0. The normalized spacial score (nSPS) is 20.1. The maximum atomic E-state index is 11.0. The molecule has 0 atom stereocenters. The van der Waals surface area contributed by atoms with Gasteiger partial charge in [0.25, 0.3) is 0 Å². The third-order valence-corrected chi connectivity index (χ3v) is 3.98. The van der Waals surface area contributed by atoms with Crippen LogP contribution in [0.15, 0.2) is 6.20 Å². The van der Waals surface area contributed by atoms with Gasteiger partial charge in [-0.3, -0.25) is 15.0 Å². The molecule has 2 heterocycles. The first-order valence-corrected chi connectivity index (χ1v) is 7.15. The van der Waals surface area contributed by atoms with Gasteiger partial charge in [0.15, 0.2) is 0 Å². The van der Waals surface area contributed by atoms with E-state index in [0.29, 0.717) is 5.82 Å². The van der Waals surface area contributed by atoms with E-state index in [9.17, 15) is 10.1 Å². The minimum absolute atomic E-state index is 0.0472. The van der Waals surface area contributed by atoms with E-state index in [-0.39, 0.29) is 11.0 Å². The second kappa shape index (κ2) is 5.49. The van der Waals surface area contributed by atoms with Crippen molar-refractivity contribution in [2.75, 3.05) is 37.6 Å². The Hall–Kier alpha value is -1.47. The highest BCUT2D eigenvalue weighted by Crippen LogP contribution is 2.31. The number of hydrogen-bond acceptors (Lipinski definition) is 6. The molecule has 3 rings (SSSR count). The first kappa shape index (κ1) is 13.5. The summed E-state index contributed by atoms with van der Waals surface area (Å²) in [6.07, 6.45) is 3.86. The summed E-state index contributed by atoms with van der Waals surface area (Å²) in [6.45, 7) is 4.45. The molecule has 0 amide bonds. The molecule has 20 heavy (non-hydrogen) atoms. The summed E-state index contributed by atoms with van der Waals surface area (Å²) >= 11 is 5.76. The topological polar surface area (TPSA) is 75.4 Å². The van der Waals surface area contributed by atoms with Crippen molar-refractivity contribution in [3.8, 4) is 0 Å². The van der Waals surface area contributed by atoms with Gasteiger partial charge in [0.1, 0.15) is 6.20 Å². The summed E-state index contributed by atoms with van der Waals surface area (Å²) in [7, 11) is 0. The van der Waals surface area contributed by atoms with Crippen molar-refractivity contribution in [3.63, 3.8) is 0 Å². The average Bonchev–Trinajstić information content (AvgIpc) is 3.23. The Labute approximate surface area is 121 Å². The maximum absolute atomic E-state index is 11.0. The first-order valence-electron chi connectivity index (χ1n) is 6.77. The van der Waals surface area contributed by atoms with E-state index in [1.54, 1.807) is 0 Å². The molecule has 0 N–H and O–H groups in total. The molecular formula is C12H16ClN5O2. The fraction of sp³-hybridized carbons (Fsp3) is 0.667. The molecule has 1 aromatic heterocycles. The largest absolute Gasteiger partial charge is 0.348 e. The summed E-state index contributed by atoms with van der Waals surface area (Å²) in [4.78, 5) is 22.7. The molecule has 1 aliphatic heterocycles. The van der Waals surface area contributed by atoms with Gasteiger partial charge in [-0.15, -0.1) is 0 Å². The number of hydrogen-bond donors (Lipinski definition) is 0. The van der Waals surface area contributed by atoms with Crippen LogP contribution in [-0.2, 0) is 0 Å². The van der Waals surface area contributed by atoms with Crippen molar-refractivity contribution in [2.24, 2.45) is 5.92 Å². The lowest BCUT2D eigenvalue weighted by molar-refractivity contribution is -0.384. The van der Waals surface area contributed by atoms with E-state index in [1.807, 2.05) is 4.90 Å². The quantitative estimate of drug-likeness (QED) is 0.477. The second-order valence-corrected chi connectivity index (χ2v) is 5.67. The van der Waals surface area contributed by atoms with Gasteiger partial charge >= 0.3 is 5.69 Å². The van der Waals surface area contributed by atoms with E-state index in [1.165, 1.54) is 19.0 Å². The Morgan fingerprint density at radius 2 is 2.05 bits per heavy atom. The lowest BCUT2D eigenvalue weighted by atomic mass is 10.2. The molecule has 0 unspecified atom stereocenters. The van der Waals surface area contributed by atoms with Crippen LogP contribution >= 0.6 is 11.6 Å². The van der Waals surface area contributed by atoms with Gasteiger partial charge in [-0.2, -0.15) is 4.98 Å². The number of aromatic nitrogens is 2. The van der Waals surface area contributed by atoms with Gasteiger partial charge in [-0.05, 0) is 30.4 Å². The molecule has 108 valence electrons. The number of nitrogens with zero attached hydrogens (tertiary/aromatic N) is 5. The van der Waals surface area contributed by atoms with Crippen LogP contribution in [0.3, 0.4) is 0 Å². The van der Waals surface area contributed by atoms with Crippen molar-refractivity contribution in [1.82, 2.24) is 14.9 Å². The van der Waals surface area contributed by atoms with Crippen molar-refractivity contribution < 1.29 is 4.92 Å². The molecule has 0 aromatic carbocycles. The van der Waals surface area contributed by atoms with Crippen molar-refractivity contribution in [2.45, 2.75) is 12.8 Å². The molecule has 1 aliphatic carbocycles. The maximum Gasteiger partial charge on any atom is 0.329 e. The molecule has 7 nitrogen and oxygen atoms in total. The Bertz CT molecular complexity index is 515. The smallest absolute Gasteiger partial charge is 0.329 e. The minimum atomic E-state index is -0.456. The van der Waals surface area contributed by atoms with Crippen LogP contribution in [0.5, 0.6) is 0 Å². The third kappa shape index (κ3) is 2.99. The molecule has 0 spiro atoms. The summed E-state index contributed by atoms with van der Waals surface area (Å²) in [5, 5.41) is 11.1. The van der Waals surface area contributed by atoms with E-state index in [0.717, 1.165) is 38.6 Å². The van der Waals surface area contributed by atoms with Gasteiger partial charge in [0, 0.05) is 32.7 Å².